The minimum atomic E-state index is 0.850. The second-order valence-electron chi connectivity index (χ2n) is 5.86. The van der Waals surface area contributed by atoms with Gasteiger partial charge in [-0.25, -0.2) is 0 Å². The predicted molar refractivity (Wildman–Crippen MR) is 65.9 cm³/mol. The minimum Gasteiger partial charge on any atom is -0.314 e. The zero-order valence-corrected chi connectivity index (χ0v) is 10.5. The summed E-state index contributed by atoms with van der Waals surface area (Å²) in [6.45, 7) is 6.07. The van der Waals surface area contributed by atoms with Gasteiger partial charge in [0.15, 0.2) is 0 Å². The average molecular weight is 209 g/mol. The van der Waals surface area contributed by atoms with Gasteiger partial charge in [0.1, 0.15) is 0 Å². The van der Waals surface area contributed by atoms with Crippen molar-refractivity contribution in [1.29, 1.82) is 0 Å². The van der Waals surface area contributed by atoms with E-state index in [2.05, 4.69) is 19.2 Å². The highest BCUT2D eigenvalue weighted by molar-refractivity contribution is 4.83. The van der Waals surface area contributed by atoms with Crippen molar-refractivity contribution in [3.8, 4) is 0 Å². The van der Waals surface area contributed by atoms with Crippen molar-refractivity contribution in [2.75, 3.05) is 6.54 Å². The highest BCUT2D eigenvalue weighted by atomic mass is 14.9. The second kappa shape index (κ2) is 5.34. The fraction of sp³-hybridized carbons (Fsp3) is 1.00. The first-order valence-corrected chi connectivity index (χ1v) is 7.03. The fourth-order valence-corrected chi connectivity index (χ4v) is 3.47. The van der Waals surface area contributed by atoms with Gasteiger partial charge in [-0.1, -0.05) is 33.1 Å². The van der Waals surface area contributed by atoms with Crippen LogP contribution in [0.15, 0.2) is 0 Å². The Kier molecular flexibility index (Phi) is 4.07. The van der Waals surface area contributed by atoms with E-state index in [1.807, 2.05) is 0 Å². The van der Waals surface area contributed by atoms with Crippen LogP contribution in [-0.4, -0.2) is 12.6 Å². The van der Waals surface area contributed by atoms with Crippen LogP contribution in [-0.2, 0) is 0 Å². The summed E-state index contributed by atoms with van der Waals surface area (Å²) in [6.07, 6.45) is 10.1. The first-order chi connectivity index (χ1) is 7.29. The van der Waals surface area contributed by atoms with Gasteiger partial charge in [-0.3, -0.25) is 0 Å². The van der Waals surface area contributed by atoms with Gasteiger partial charge in [-0.05, 0) is 50.0 Å². The lowest BCUT2D eigenvalue weighted by atomic mass is 9.98. The molecule has 15 heavy (non-hydrogen) atoms. The Morgan fingerprint density at radius 3 is 2.60 bits per heavy atom. The third kappa shape index (κ3) is 2.96. The molecule has 0 bridgehead atoms. The third-order valence-corrected chi connectivity index (χ3v) is 4.83. The molecule has 2 saturated carbocycles. The zero-order chi connectivity index (χ0) is 10.7. The van der Waals surface area contributed by atoms with Crippen LogP contribution in [0.1, 0.15) is 58.8 Å². The number of nitrogens with one attached hydrogen (secondary N) is 1. The van der Waals surface area contributed by atoms with E-state index in [1.54, 1.807) is 0 Å². The molecular weight excluding hydrogens is 182 g/mol. The van der Waals surface area contributed by atoms with E-state index >= 15 is 0 Å². The molecule has 0 aromatic rings. The van der Waals surface area contributed by atoms with Gasteiger partial charge in [0.25, 0.3) is 0 Å². The SMILES string of the molecule is CCC1CCC(NCC2CCCC2C)C1. The molecule has 88 valence electrons. The molecule has 1 N–H and O–H groups in total. The Balaban J connectivity index is 1.66. The summed E-state index contributed by atoms with van der Waals surface area (Å²) in [7, 11) is 0. The molecule has 0 saturated heterocycles. The summed E-state index contributed by atoms with van der Waals surface area (Å²) >= 11 is 0. The topological polar surface area (TPSA) is 12.0 Å². The van der Waals surface area contributed by atoms with E-state index in [-0.39, 0.29) is 0 Å². The summed E-state index contributed by atoms with van der Waals surface area (Å²) in [6, 6.07) is 0.850. The van der Waals surface area contributed by atoms with Crippen LogP contribution in [0.5, 0.6) is 0 Å². The van der Waals surface area contributed by atoms with E-state index in [1.165, 1.54) is 51.5 Å². The van der Waals surface area contributed by atoms with Crippen molar-refractivity contribution in [2.45, 2.75) is 64.8 Å². The monoisotopic (exact) mass is 209 g/mol. The smallest absolute Gasteiger partial charge is 0.00699 e. The van der Waals surface area contributed by atoms with Gasteiger partial charge in [0.05, 0.1) is 0 Å². The number of hydrogen-bond acceptors (Lipinski definition) is 1. The Morgan fingerprint density at radius 2 is 2.00 bits per heavy atom. The van der Waals surface area contributed by atoms with Gasteiger partial charge >= 0.3 is 0 Å². The maximum atomic E-state index is 3.82. The predicted octanol–water partition coefficient (Wildman–Crippen LogP) is 3.59. The molecule has 0 radical (unpaired) electrons. The molecule has 0 heterocycles. The maximum absolute atomic E-state index is 3.82. The van der Waals surface area contributed by atoms with E-state index < -0.39 is 0 Å². The number of rotatable bonds is 4. The molecule has 1 nitrogen and oxygen atoms in total. The largest absolute Gasteiger partial charge is 0.314 e. The molecule has 4 atom stereocenters. The van der Waals surface area contributed by atoms with E-state index in [4.69, 9.17) is 0 Å². The van der Waals surface area contributed by atoms with Crippen LogP contribution in [0.3, 0.4) is 0 Å². The summed E-state index contributed by atoms with van der Waals surface area (Å²) in [5.74, 6) is 2.97. The second-order valence-corrected chi connectivity index (χ2v) is 5.86. The van der Waals surface area contributed by atoms with Crippen LogP contribution < -0.4 is 5.32 Å². The van der Waals surface area contributed by atoms with E-state index in [0.29, 0.717) is 0 Å². The molecule has 2 fully saturated rings. The fourth-order valence-electron chi connectivity index (χ4n) is 3.47. The van der Waals surface area contributed by atoms with Gasteiger partial charge in [-0.2, -0.15) is 0 Å². The summed E-state index contributed by atoms with van der Waals surface area (Å²) in [5.41, 5.74) is 0. The van der Waals surface area contributed by atoms with Crippen LogP contribution in [0.25, 0.3) is 0 Å². The quantitative estimate of drug-likeness (QED) is 0.746. The minimum absolute atomic E-state index is 0.850. The number of hydrogen-bond donors (Lipinski definition) is 1. The maximum Gasteiger partial charge on any atom is 0.00699 e. The van der Waals surface area contributed by atoms with Crippen LogP contribution in [0, 0.1) is 17.8 Å². The van der Waals surface area contributed by atoms with Gasteiger partial charge in [-0.15, -0.1) is 0 Å². The molecule has 4 unspecified atom stereocenters. The van der Waals surface area contributed by atoms with Gasteiger partial charge < -0.3 is 5.32 Å². The Morgan fingerprint density at radius 1 is 1.13 bits per heavy atom. The summed E-state index contributed by atoms with van der Waals surface area (Å²) in [5, 5.41) is 3.82. The van der Waals surface area contributed by atoms with Gasteiger partial charge in [0, 0.05) is 6.04 Å². The Bertz CT molecular complexity index is 190. The molecule has 0 aromatic carbocycles. The highest BCUT2D eigenvalue weighted by Gasteiger charge is 2.26. The summed E-state index contributed by atoms with van der Waals surface area (Å²) in [4.78, 5) is 0. The van der Waals surface area contributed by atoms with Gasteiger partial charge in [0.2, 0.25) is 0 Å². The van der Waals surface area contributed by atoms with Crippen LogP contribution in [0.2, 0.25) is 0 Å². The lowest BCUT2D eigenvalue weighted by Crippen LogP contribution is -2.32. The van der Waals surface area contributed by atoms with Crippen molar-refractivity contribution in [1.82, 2.24) is 5.32 Å². The van der Waals surface area contributed by atoms with Crippen molar-refractivity contribution in [3.05, 3.63) is 0 Å². The molecule has 2 aliphatic carbocycles. The van der Waals surface area contributed by atoms with E-state index in [9.17, 15) is 0 Å². The molecule has 0 spiro atoms. The van der Waals surface area contributed by atoms with Crippen LogP contribution >= 0.6 is 0 Å². The molecule has 1 heteroatoms. The van der Waals surface area contributed by atoms with Crippen molar-refractivity contribution >= 4 is 0 Å². The third-order valence-electron chi connectivity index (χ3n) is 4.83. The molecule has 2 aliphatic rings. The summed E-state index contributed by atoms with van der Waals surface area (Å²) < 4.78 is 0. The van der Waals surface area contributed by atoms with E-state index in [0.717, 1.165) is 23.8 Å². The van der Waals surface area contributed by atoms with Crippen molar-refractivity contribution in [2.24, 2.45) is 17.8 Å². The highest BCUT2D eigenvalue weighted by Crippen LogP contribution is 2.32. The molecule has 2 rings (SSSR count). The molecule has 0 aliphatic heterocycles. The zero-order valence-electron chi connectivity index (χ0n) is 10.5. The first kappa shape index (κ1) is 11.4. The van der Waals surface area contributed by atoms with Crippen LogP contribution in [0.4, 0.5) is 0 Å². The Hall–Kier alpha value is -0.0400. The van der Waals surface area contributed by atoms with Crippen molar-refractivity contribution in [3.63, 3.8) is 0 Å². The van der Waals surface area contributed by atoms with Crippen molar-refractivity contribution < 1.29 is 0 Å². The molecule has 0 aromatic heterocycles. The normalized spacial score (nSPS) is 41.2. The first-order valence-electron chi connectivity index (χ1n) is 7.03. The standard InChI is InChI=1S/C14H27N/c1-3-12-7-8-14(9-12)15-10-13-6-4-5-11(13)2/h11-15H,3-10H2,1-2H3. The average Bonchev–Trinajstić information content (AvgIpc) is 2.84. The molecular formula is C14H27N. The Labute approximate surface area is 95.0 Å². The molecule has 0 amide bonds. The lowest BCUT2D eigenvalue weighted by molar-refractivity contribution is 0.362. The lowest BCUT2D eigenvalue weighted by Gasteiger charge is -2.19.